The molecule has 2 unspecified atom stereocenters. The summed E-state index contributed by atoms with van der Waals surface area (Å²) in [5.41, 5.74) is 4.18. The molecule has 1 rings (SSSR count). The van der Waals surface area contributed by atoms with Gasteiger partial charge in [0.2, 0.25) is 0 Å². The highest BCUT2D eigenvalue weighted by molar-refractivity contribution is 5.27. The molecule has 0 heterocycles. The summed E-state index contributed by atoms with van der Waals surface area (Å²) in [5.74, 6) is -0.484. The Morgan fingerprint density at radius 3 is 2.80 bits per heavy atom. The van der Waals surface area contributed by atoms with Gasteiger partial charge in [-0.15, -0.1) is 0 Å². The van der Waals surface area contributed by atoms with Crippen LogP contribution in [-0.4, -0.2) is 16.7 Å². The summed E-state index contributed by atoms with van der Waals surface area (Å²) in [7, 11) is 0. The van der Waals surface area contributed by atoms with Crippen LogP contribution in [-0.2, 0) is 0 Å². The average molecular weight is 143 g/mol. The fourth-order valence-electron chi connectivity index (χ4n) is 0.766. The van der Waals surface area contributed by atoms with E-state index in [1.54, 1.807) is 0 Å². The first kappa shape index (κ1) is 7.44. The quantitative estimate of drug-likeness (QED) is 0.518. The Labute approximate surface area is 58.8 Å². The van der Waals surface area contributed by atoms with E-state index >= 15 is 0 Å². The fourth-order valence-corrected chi connectivity index (χ4v) is 0.766. The molecule has 1 aliphatic rings. The van der Waals surface area contributed by atoms with Crippen LogP contribution in [0.2, 0.25) is 0 Å². The van der Waals surface area contributed by atoms with Crippen molar-refractivity contribution in [3.63, 3.8) is 0 Å². The van der Waals surface area contributed by atoms with Crippen molar-refractivity contribution >= 4 is 0 Å². The molecule has 2 nitrogen and oxygen atoms in total. The molecule has 3 heteroatoms. The second-order valence-corrected chi connectivity index (χ2v) is 2.63. The second-order valence-electron chi connectivity index (χ2n) is 2.63. The van der Waals surface area contributed by atoms with Gasteiger partial charge in [-0.05, 0) is 13.0 Å². The fraction of sp³-hybridized carbons (Fsp3) is 0.429. The molecule has 0 saturated carbocycles. The Bertz CT molecular complexity index is 196. The van der Waals surface area contributed by atoms with Gasteiger partial charge in [-0.3, -0.25) is 0 Å². The van der Waals surface area contributed by atoms with Crippen molar-refractivity contribution < 1.29 is 9.50 Å². The zero-order valence-corrected chi connectivity index (χ0v) is 5.71. The summed E-state index contributed by atoms with van der Waals surface area (Å²) in [6.45, 7) is 1.45. The second kappa shape index (κ2) is 2.18. The first-order valence-electron chi connectivity index (χ1n) is 3.06. The molecule has 56 valence electrons. The van der Waals surface area contributed by atoms with E-state index in [1.165, 1.54) is 25.2 Å². The summed E-state index contributed by atoms with van der Waals surface area (Å²) in [6, 6.07) is 0. The molecule has 3 N–H and O–H groups in total. The van der Waals surface area contributed by atoms with Crippen molar-refractivity contribution in [1.29, 1.82) is 0 Å². The molecule has 0 radical (unpaired) electrons. The molecule has 0 saturated heterocycles. The maximum Gasteiger partial charge on any atom is 0.122 e. The molecule has 0 fully saturated rings. The van der Waals surface area contributed by atoms with Gasteiger partial charge in [-0.25, -0.2) is 4.39 Å². The summed E-state index contributed by atoms with van der Waals surface area (Å²) in [5, 5.41) is 9.11. The molecule has 0 aromatic heterocycles. The molecule has 0 bridgehead atoms. The predicted molar refractivity (Wildman–Crippen MR) is 36.9 cm³/mol. The number of allylic oxidation sites excluding steroid dienone is 2. The smallest absolute Gasteiger partial charge is 0.122 e. The summed E-state index contributed by atoms with van der Waals surface area (Å²) < 4.78 is 12.7. The summed E-state index contributed by atoms with van der Waals surface area (Å²) in [4.78, 5) is 0. The van der Waals surface area contributed by atoms with Crippen LogP contribution in [0.5, 0.6) is 0 Å². The van der Waals surface area contributed by atoms with Gasteiger partial charge in [-0.1, -0.05) is 12.2 Å². The molecule has 0 spiro atoms. The van der Waals surface area contributed by atoms with Crippen molar-refractivity contribution in [2.45, 2.75) is 18.6 Å². The minimum atomic E-state index is -1.24. The van der Waals surface area contributed by atoms with Gasteiger partial charge in [0.25, 0.3) is 0 Å². The first-order valence-corrected chi connectivity index (χ1v) is 3.06. The van der Waals surface area contributed by atoms with E-state index in [9.17, 15) is 4.39 Å². The maximum atomic E-state index is 12.7. The number of halogens is 1. The van der Waals surface area contributed by atoms with E-state index in [4.69, 9.17) is 10.8 Å². The average Bonchev–Trinajstić information content (AvgIpc) is 1.84. The van der Waals surface area contributed by atoms with Crippen LogP contribution in [0.4, 0.5) is 4.39 Å². The highest BCUT2D eigenvalue weighted by Crippen LogP contribution is 2.23. The van der Waals surface area contributed by atoms with Crippen molar-refractivity contribution in [3.8, 4) is 0 Å². The highest BCUT2D eigenvalue weighted by Gasteiger charge is 2.33. The first-order chi connectivity index (χ1) is 4.55. The molecule has 10 heavy (non-hydrogen) atoms. The Hall–Kier alpha value is -0.670. The molecule has 0 aromatic rings. The van der Waals surface area contributed by atoms with Crippen molar-refractivity contribution in [3.05, 3.63) is 24.1 Å². The zero-order valence-electron chi connectivity index (χ0n) is 5.71. The lowest BCUT2D eigenvalue weighted by molar-refractivity contribution is 0.140. The van der Waals surface area contributed by atoms with Crippen LogP contribution in [0.3, 0.4) is 0 Å². The van der Waals surface area contributed by atoms with Crippen LogP contribution in [0, 0.1) is 0 Å². The summed E-state index contributed by atoms with van der Waals surface area (Å²) in [6.07, 6.45) is 3.25. The standard InChI is InChI=1S/C7H10FNO/c1-7(9)5(8)3-2-4-6(7)10/h2-4,6,10H,9H2,1H3. The van der Waals surface area contributed by atoms with Crippen LogP contribution in [0.25, 0.3) is 0 Å². The zero-order chi connectivity index (χ0) is 7.78. The van der Waals surface area contributed by atoms with Crippen LogP contribution in [0.15, 0.2) is 24.1 Å². The van der Waals surface area contributed by atoms with E-state index in [-0.39, 0.29) is 0 Å². The van der Waals surface area contributed by atoms with E-state index in [0.29, 0.717) is 0 Å². The minimum Gasteiger partial charge on any atom is -0.387 e. The Kier molecular flexibility index (Phi) is 1.62. The lowest BCUT2D eigenvalue weighted by atomic mass is 9.91. The Balaban J connectivity index is 2.93. The number of hydrogen-bond acceptors (Lipinski definition) is 2. The van der Waals surface area contributed by atoms with E-state index < -0.39 is 17.5 Å². The van der Waals surface area contributed by atoms with Gasteiger partial charge in [0.1, 0.15) is 5.83 Å². The molecular formula is C7H10FNO. The van der Waals surface area contributed by atoms with E-state index in [2.05, 4.69) is 0 Å². The lowest BCUT2D eigenvalue weighted by Crippen LogP contribution is -2.48. The third-order valence-corrected chi connectivity index (χ3v) is 1.66. The van der Waals surface area contributed by atoms with Crippen molar-refractivity contribution in [2.75, 3.05) is 0 Å². The SMILES string of the molecule is CC1(N)C(F)=CC=CC1O. The number of rotatable bonds is 0. The number of nitrogens with two attached hydrogens (primary N) is 1. The molecule has 1 aliphatic carbocycles. The molecule has 0 aromatic carbocycles. The number of hydrogen-bond donors (Lipinski definition) is 2. The molecule has 0 aliphatic heterocycles. The highest BCUT2D eigenvalue weighted by atomic mass is 19.1. The minimum absolute atomic E-state index is 0.484. The largest absolute Gasteiger partial charge is 0.387 e. The van der Waals surface area contributed by atoms with Crippen molar-refractivity contribution in [2.24, 2.45) is 5.73 Å². The Morgan fingerprint density at radius 2 is 2.40 bits per heavy atom. The van der Waals surface area contributed by atoms with Gasteiger partial charge in [0, 0.05) is 0 Å². The van der Waals surface area contributed by atoms with Gasteiger partial charge in [0.05, 0.1) is 11.6 Å². The van der Waals surface area contributed by atoms with E-state index in [1.807, 2.05) is 0 Å². The van der Waals surface area contributed by atoms with Gasteiger partial charge in [-0.2, -0.15) is 0 Å². The lowest BCUT2D eigenvalue weighted by Gasteiger charge is -2.28. The monoisotopic (exact) mass is 143 g/mol. The van der Waals surface area contributed by atoms with Crippen LogP contribution < -0.4 is 5.73 Å². The normalized spacial score (nSPS) is 39.6. The maximum absolute atomic E-state index is 12.7. The van der Waals surface area contributed by atoms with Crippen LogP contribution >= 0.6 is 0 Å². The predicted octanol–water partition coefficient (Wildman–Crippen LogP) is 0.488. The van der Waals surface area contributed by atoms with Crippen LogP contribution in [0.1, 0.15) is 6.92 Å². The number of aliphatic hydroxyl groups is 1. The topological polar surface area (TPSA) is 46.2 Å². The third kappa shape index (κ3) is 0.978. The van der Waals surface area contributed by atoms with Gasteiger partial charge < -0.3 is 10.8 Å². The Morgan fingerprint density at radius 1 is 1.80 bits per heavy atom. The number of aliphatic hydroxyl groups excluding tert-OH is 1. The van der Waals surface area contributed by atoms with Crippen molar-refractivity contribution in [1.82, 2.24) is 0 Å². The third-order valence-electron chi connectivity index (χ3n) is 1.66. The van der Waals surface area contributed by atoms with E-state index in [0.717, 1.165) is 0 Å². The summed E-state index contributed by atoms with van der Waals surface area (Å²) >= 11 is 0. The molecular weight excluding hydrogens is 133 g/mol. The van der Waals surface area contributed by atoms with Gasteiger partial charge in [0.15, 0.2) is 0 Å². The molecule has 2 atom stereocenters. The van der Waals surface area contributed by atoms with Gasteiger partial charge >= 0.3 is 0 Å². The molecule has 0 amide bonds.